The molecule has 2 aromatic rings. The number of rotatable bonds is 6. The summed E-state index contributed by atoms with van der Waals surface area (Å²) in [6.45, 7) is 6.34. The minimum absolute atomic E-state index is 0.0644. The lowest BCUT2D eigenvalue weighted by atomic mass is 9.90. The SMILES string of the molecule is C=C1CCC(N2Cc3cc(CCC(Cc4ccc(C)c(Cl)c4)=NC#N)ccc3C2=O)C(=O)C1. The van der Waals surface area contributed by atoms with E-state index in [4.69, 9.17) is 16.9 Å². The van der Waals surface area contributed by atoms with Gasteiger partial charge in [-0.15, -0.1) is 0 Å². The summed E-state index contributed by atoms with van der Waals surface area (Å²) in [5, 5.41) is 9.82. The third-order valence-corrected chi connectivity index (χ3v) is 6.91. The monoisotopic (exact) mass is 459 g/mol. The van der Waals surface area contributed by atoms with Gasteiger partial charge < -0.3 is 4.90 Å². The summed E-state index contributed by atoms with van der Waals surface area (Å²) in [7, 11) is 0. The van der Waals surface area contributed by atoms with E-state index in [2.05, 4.69) is 11.6 Å². The van der Waals surface area contributed by atoms with Gasteiger partial charge in [-0.1, -0.05) is 48.0 Å². The van der Waals surface area contributed by atoms with Crippen LogP contribution in [0.5, 0.6) is 0 Å². The molecule has 0 spiro atoms. The third-order valence-electron chi connectivity index (χ3n) is 6.50. The Morgan fingerprint density at radius 2 is 2.03 bits per heavy atom. The molecule has 0 bridgehead atoms. The van der Waals surface area contributed by atoms with Crippen molar-refractivity contribution in [1.29, 1.82) is 5.26 Å². The maximum atomic E-state index is 12.9. The summed E-state index contributed by atoms with van der Waals surface area (Å²) in [5.41, 5.74) is 6.50. The number of hydrogen-bond donors (Lipinski definition) is 0. The van der Waals surface area contributed by atoms with Crippen molar-refractivity contribution in [3.05, 3.63) is 81.4 Å². The van der Waals surface area contributed by atoms with Crippen LogP contribution in [0.25, 0.3) is 0 Å². The first-order valence-corrected chi connectivity index (χ1v) is 11.5. The molecule has 1 aliphatic carbocycles. The Balaban J connectivity index is 1.43. The van der Waals surface area contributed by atoms with Gasteiger partial charge in [0, 0.05) is 35.7 Å². The van der Waals surface area contributed by atoms with E-state index in [-0.39, 0.29) is 17.7 Å². The lowest BCUT2D eigenvalue weighted by Gasteiger charge is -2.30. The van der Waals surface area contributed by atoms with Crippen LogP contribution in [-0.2, 0) is 24.2 Å². The van der Waals surface area contributed by atoms with E-state index in [1.165, 1.54) is 0 Å². The maximum absolute atomic E-state index is 12.9. The summed E-state index contributed by atoms with van der Waals surface area (Å²) in [5.74, 6) is 0.0200. The second kappa shape index (κ2) is 9.72. The highest BCUT2D eigenvalue weighted by Gasteiger charge is 2.37. The number of amides is 1. The molecule has 1 aliphatic heterocycles. The van der Waals surface area contributed by atoms with Gasteiger partial charge in [0.2, 0.25) is 6.19 Å². The van der Waals surface area contributed by atoms with Gasteiger partial charge in [-0.05, 0) is 67.0 Å². The summed E-state index contributed by atoms with van der Waals surface area (Å²) in [6.07, 6.45) is 5.64. The zero-order valence-corrected chi connectivity index (χ0v) is 19.5. The Morgan fingerprint density at radius 3 is 2.76 bits per heavy atom. The van der Waals surface area contributed by atoms with E-state index in [0.29, 0.717) is 49.2 Å². The summed E-state index contributed by atoms with van der Waals surface area (Å²) in [4.78, 5) is 31.2. The van der Waals surface area contributed by atoms with E-state index in [1.54, 1.807) is 4.90 Å². The molecular weight excluding hydrogens is 434 g/mol. The van der Waals surface area contributed by atoms with E-state index >= 15 is 0 Å². The van der Waals surface area contributed by atoms with Gasteiger partial charge in [0.05, 0.1) is 6.04 Å². The van der Waals surface area contributed by atoms with E-state index < -0.39 is 0 Å². The molecule has 4 rings (SSSR count). The Labute approximate surface area is 199 Å². The summed E-state index contributed by atoms with van der Waals surface area (Å²) < 4.78 is 0. The van der Waals surface area contributed by atoms with Crippen molar-refractivity contribution in [2.75, 3.05) is 0 Å². The number of nitrogens with zero attached hydrogens (tertiary/aromatic N) is 3. The highest BCUT2D eigenvalue weighted by atomic mass is 35.5. The average Bonchev–Trinajstić information content (AvgIpc) is 3.10. The Morgan fingerprint density at radius 1 is 1.24 bits per heavy atom. The molecule has 1 atom stereocenters. The van der Waals surface area contributed by atoms with Crippen molar-refractivity contribution in [2.45, 2.75) is 58.0 Å². The normalized spacial score (nSPS) is 18.5. The molecule has 1 saturated carbocycles. The third kappa shape index (κ3) is 5.07. The molecule has 0 N–H and O–H groups in total. The Hall–Kier alpha value is -3.23. The largest absolute Gasteiger partial charge is 0.324 e. The van der Waals surface area contributed by atoms with Crippen molar-refractivity contribution >= 4 is 29.0 Å². The summed E-state index contributed by atoms with van der Waals surface area (Å²) in [6, 6.07) is 11.4. The first kappa shape index (κ1) is 22.9. The Bertz CT molecular complexity index is 1210. The molecule has 5 nitrogen and oxygen atoms in total. The zero-order chi connectivity index (χ0) is 23.5. The molecule has 2 aromatic carbocycles. The lowest BCUT2D eigenvalue weighted by Crippen LogP contribution is -2.43. The molecular formula is C27H26ClN3O2. The molecule has 0 aromatic heterocycles. The molecule has 6 heteroatoms. The number of carbonyl (C=O) groups excluding carboxylic acids is 2. The highest BCUT2D eigenvalue weighted by Crippen LogP contribution is 2.31. The number of allylic oxidation sites excluding steroid dienone is 1. The number of benzene rings is 2. The average molecular weight is 460 g/mol. The number of halogens is 1. The standard InChI is InChI=1S/C27H26ClN3O2/c1-17-3-10-25(26(32)11-17)31-15-21-12-19(7-9-23(21)27(31)33)6-8-22(30-16-29)13-20-5-4-18(2)24(28)14-20/h4-5,7,9,12,14,25H,1,3,6,8,10-11,13,15H2,2H3. The van der Waals surface area contributed by atoms with Crippen LogP contribution in [0, 0.1) is 18.4 Å². The van der Waals surface area contributed by atoms with Crippen molar-refractivity contribution in [1.82, 2.24) is 4.90 Å². The Kier molecular flexibility index (Phi) is 6.76. The number of carbonyl (C=O) groups is 2. The maximum Gasteiger partial charge on any atom is 0.255 e. The first-order chi connectivity index (χ1) is 15.9. The van der Waals surface area contributed by atoms with E-state index in [9.17, 15) is 9.59 Å². The number of nitriles is 1. The van der Waals surface area contributed by atoms with Gasteiger partial charge in [-0.3, -0.25) is 9.59 Å². The van der Waals surface area contributed by atoms with Gasteiger partial charge >= 0.3 is 0 Å². The van der Waals surface area contributed by atoms with Crippen molar-refractivity contribution < 1.29 is 9.59 Å². The molecule has 0 radical (unpaired) electrons. The van der Waals surface area contributed by atoms with Gasteiger partial charge in [0.1, 0.15) is 0 Å². The molecule has 2 aliphatic rings. The van der Waals surface area contributed by atoms with E-state index in [1.807, 2.05) is 49.5 Å². The molecule has 1 amide bonds. The van der Waals surface area contributed by atoms with Crippen LogP contribution in [0.3, 0.4) is 0 Å². The minimum atomic E-state index is -0.352. The number of aryl methyl sites for hydroxylation is 2. The fourth-order valence-corrected chi connectivity index (χ4v) is 4.82. The molecule has 1 unspecified atom stereocenters. The number of fused-ring (bicyclic) bond motifs is 1. The predicted molar refractivity (Wildman–Crippen MR) is 129 cm³/mol. The number of aliphatic imine (C=N–C) groups is 1. The fourth-order valence-electron chi connectivity index (χ4n) is 4.61. The molecule has 1 heterocycles. The zero-order valence-electron chi connectivity index (χ0n) is 18.7. The van der Waals surface area contributed by atoms with E-state index in [0.717, 1.165) is 40.0 Å². The van der Waals surface area contributed by atoms with Gasteiger partial charge in [0.25, 0.3) is 5.91 Å². The predicted octanol–water partition coefficient (Wildman–Crippen LogP) is 5.38. The van der Waals surface area contributed by atoms with Crippen LogP contribution >= 0.6 is 11.6 Å². The molecule has 168 valence electrons. The van der Waals surface area contributed by atoms with Gasteiger partial charge in [0.15, 0.2) is 5.78 Å². The topological polar surface area (TPSA) is 73.5 Å². The number of ketones is 1. The van der Waals surface area contributed by atoms with Crippen LogP contribution in [-0.4, -0.2) is 28.3 Å². The van der Waals surface area contributed by atoms with Gasteiger partial charge in [-0.2, -0.15) is 10.3 Å². The van der Waals surface area contributed by atoms with Crippen LogP contribution < -0.4 is 0 Å². The van der Waals surface area contributed by atoms with Crippen LogP contribution in [0.2, 0.25) is 5.02 Å². The molecule has 0 saturated heterocycles. The fraction of sp³-hybridized carbons (Fsp3) is 0.333. The van der Waals surface area contributed by atoms with Crippen molar-refractivity contribution in [3.63, 3.8) is 0 Å². The second-order valence-corrected chi connectivity index (χ2v) is 9.32. The van der Waals surface area contributed by atoms with Crippen molar-refractivity contribution in [3.8, 4) is 6.19 Å². The van der Waals surface area contributed by atoms with Crippen LogP contribution in [0.4, 0.5) is 0 Å². The number of Topliss-reactive ketones (excluding diaryl/α,β-unsaturated/α-hetero) is 1. The van der Waals surface area contributed by atoms with Gasteiger partial charge in [-0.25, -0.2) is 0 Å². The highest BCUT2D eigenvalue weighted by molar-refractivity contribution is 6.31. The van der Waals surface area contributed by atoms with Crippen LogP contribution in [0.15, 0.2) is 53.5 Å². The van der Waals surface area contributed by atoms with Crippen LogP contribution in [0.1, 0.15) is 58.3 Å². The molecule has 33 heavy (non-hydrogen) atoms. The second-order valence-electron chi connectivity index (χ2n) is 8.91. The quantitative estimate of drug-likeness (QED) is 0.330. The molecule has 1 fully saturated rings. The van der Waals surface area contributed by atoms with Crippen molar-refractivity contribution in [2.24, 2.45) is 4.99 Å². The first-order valence-electron chi connectivity index (χ1n) is 11.2. The smallest absolute Gasteiger partial charge is 0.255 e. The minimum Gasteiger partial charge on any atom is -0.324 e. The summed E-state index contributed by atoms with van der Waals surface area (Å²) >= 11 is 6.24. The lowest BCUT2D eigenvalue weighted by molar-refractivity contribution is -0.124. The number of hydrogen-bond acceptors (Lipinski definition) is 4.